The van der Waals surface area contributed by atoms with Crippen LogP contribution in [0.25, 0.3) is 0 Å². The van der Waals surface area contributed by atoms with Crippen LogP contribution in [0.2, 0.25) is 5.02 Å². The molecule has 0 fully saturated rings. The zero-order chi connectivity index (χ0) is 22.1. The monoisotopic (exact) mass is 457 g/mol. The minimum Gasteiger partial charge on any atom is -0.508 e. The molecule has 31 heavy (non-hydrogen) atoms. The van der Waals surface area contributed by atoms with Gasteiger partial charge in [0, 0.05) is 11.6 Å². The van der Waals surface area contributed by atoms with Gasteiger partial charge in [-0.15, -0.1) is 16.8 Å². The van der Waals surface area contributed by atoms with E-state index in [9.17, 15) is 9.90 Å². The molecule has 2 aromatic carbocycles. The first kappa shape index (κ1) is 22.4. The molecule has 0 aliphatic carbocycles. The van der Waals surface area contributed by atoms with Gasteiger partial charge in [-0.25, -0.2) is 5.43 Å². The molecule has 0 aliphatic rings. The molecule has 10 heteroatoms. The van der Waals surface area contributed by atoms with E-state index in [4.69, 9.17) is 16.3 Å². The van der Waals surface area contributed by atoms with Gasteiger partial charge in [0.15, 0.2) is 11.0 Å². The highest BCUT2D eigenvalue weighted by Gasteiger charge is 2.14. The van der Waals surface area contributed by atoms with Crippen molar-refractivity contribution in [3.05, 3.63) is 77.6 Å². The highest BCUT2D eigenvalue weighted by molar-refractivity contribution is 7.99. The third-order valence-corrected chi connectivity index (χ3v) is 5.11. The van der Waals surface area contributed by atoms with Gasteiger partial charge < -0.3 is 9.84 Å². The van der Waals surface area contributed by atoms with Crippen molar-refractivity contribution < 1.29 is 14.6 Å². The number of phenols is 1. The van der Waals surface area contributed by atoms with E-state index in [0.29, 0.717) is 33.9 Å². The van der Waals surface area contributed by atoms with Crippen LogP contribution in [-0.4, -0.2) is 37.7 Å². The van der Waals surface area contributed by atoms with E-state index in [0.717, 1.165) is 0 Å². The number of nitrogens with one attached hydrogen (secondary N) is 1. The van der Waals surface area contributed by atoms with Gasteiger partial charge in [0.2, 0.25) is 0 Å². The maximum Gasteiger partial charge on any atom is 0.250 e. The zero-order valence-corrected chi connectivity index (χ0v) is 18.0. The summed E-state index contributed by atoms with van der Waals surface area (Å²) in [6.45, 7) is 4.45. The van der Waals surface area contributed by atoms with Gasteiger partial charge in [0.05, 0.1) is 12.0 Å². The number of carbonyl (C=O) groups excluding carboxylic acids is 1. The average Bonchev–Trinajstić information content (AvgIpc) is 3.14. The van der Waals surface area contributed by atoms with Crippen LogP contribution in [0.1, 0.15) is 11.4 Å². The standard InChI is InChI=1S/C21H20ClN5O3S/c1-2-10-27-19(13-30-18-8-6-16(22)7-9-18)24-26-21(27)31-14-20(29)25-23-12-15-4-3-5-17(28)11-15/h2-9,11-12,28H,1,10,13-14H2,(H,25,29)/b23-12+. The number of aromatic hydroxyl groups is 1. The van der Waals surface area contributed by atoms with E-state index in [1.165, 1.54) is 24.0 Å². The summed E-state index contributed by atoms with van der Waals surface area (Å²) < 4.78 is 7.57. The fraction of sp³-hybridized carbons (Fsp3) is 0.143. The largest absolute Gasteiger partial charge is 0.508 e. The minimum absolute atomic E-state index is 0.102. The molecule has 0 aliphatic heterocycles. The summed E-state index contributed by atoms with van der Waals surface area (Å²) >= 11 is 7.11. The Hall–Kier alpha value is -3.30. The Morgan fingerprint density at radius 1 is 1.29 bits per heavy atom. The van der Waals surface area contributed by atoms with Gasteiger partial charge in [0.25, 0.3) is 5.91 Å². The zero-order valence-electron chi connectivity index (χ0n) is 16.4. The molecule has 0 bridgehead atoms. The molecule has 3 rings (SSSR count). The van der Waals surface area contributed by atoms with Gasteiger partial charge >= 0.3 is 0 Å². The molecule has 0 unspecified atom stereocenters. The first-order chi connectivity index (χ1) is 15.0. The molecule has 0 spiro atoms. The van der Waals surface area contributed by atoms with Gasteiger partial charge in [0.1, 0.15) is 18.1 Å². The number of hydrazone groups is 1. The number of amides is 1. The summed E-state index contributed by atoms with van der Waals surface area (Å²) in [5.74, 6) is 1.21. The number of carbonyl (C=O) groups is 1. The van der Waals surface area contributed by atoms with E-state index in [-0.39, 0.29) is 24.0 Å². The number of allylic oxidation sites excluding steroid dienone is 1. The van der Waals surface area contributed by atoms with Gasteiger partial charge in [-0.2, -0.15) is 5.10 Å². The van der Waals surface area contributed by atoms with Crippen LogP contribution in [0.4, 0.5) is 0 Å². The number of aromatic nitrogens is 3. The average molecular weight is 458 g/mol. The molecule has 1 heterocycles. The van der Waals surface area contributed by atoms with E-state index < -0.39 is 0 Å². The smallest absolute Gasteiger partial charge is 0.250 e. The Morgan fingerprint density at radius 3 is 2.84 bits per heavy atom. The second kappa shape index (κ2) is 11.2. The lowest BCUT2D eigenvalue weighted by molar-refractivity contribution is -0.118. The molecule has 8 nitrogen and oxygen atoms in total. The van der Waals surface area contributed by atoms with Crippen molar-refractivity contribution in [2.24, 2.45) is 5.10 Å². The molecule has 0 saturated heterocycles. The molecule has 160 valence electrons. The number of thioether (sulfide) groups is 1. The number of hydrogen-bond donors (Lipinski definition) is 2. The number of benzene rings is 2. The van der Waals surface area contributed by atoms with Crippen molar-refractivity contribution in [1.82, 2.24) is 20.2 Å². The highest BCUT2D eigenvalue weighted by atomic mass is 35.5. The number of rotatable bonds is 10. The molecule has 3 aromatic rings. The Morgan fingerprint density at radius 2 is 2.10 bits per heavy atom. The Kier molecular flexibility index (Phi) is 8.08. The minimum atomic E-state index is -0.298. The van der Waals surface area contributed by atoms with E-state index in [1.54, 1.807) is 48.5 Å². The fourth-order valence-corrected chi connectivity index (χ4v) is 3.36. The lowest BCUT2D eigenvalue weighted by atomic mass is 10.2. The fourth-order valence-electron chi connectivity index (χ4n) is 2.47. The summed E-state index contributed by atoms with van der Waals surface area (Å²) in [7, 11) is 0. The van der Waals surface area contributed by atoms with Crippen molar-refractivity contribution in [2.45, 2.75) is 18.3 Å². The van der Waals surface area contributed by atoms with Crippen LogP contribution in [0.3, 0.4) is 0 Å². The topological polar surface area (TPSA) is 102 Å². The van der Waals surface area contributed by atoms with Gasteiger partial charge in [-0.1, -0.05) is 41.6 Å². The van der Waals surface area contributed by atoms with Crippen LogP contribution < -0.4 is 10.2 Å². The number of phenolic OH excluding ortho intramolecular Hbond substituents is 1. The SMILES string of the molecule is C=CCn1c(COc2ccc(Cl)cc2)nnc1SCC(=O)N/N=C/c1cccc(O)c1. The molecular weight excluding hydrogens is 438 g/mol. The van der Waals surface area contributed by atoms with Crippen molar-refractivity contribution in [2.75, 3.05) is 5.75 Å². The maximum absolute atomic E-state index is 12.1. The van der Waals surface area contributed by atoms with E-state index in [2.05, 4.69) is 27.3 Å². The number of nitrogens with zero attached hydrogens (tertiary/aromatic N) is 4. The molecule has 1 amide bonds. The number of ether oxygens (including phenoxy) is 1. The lowest BCUT2D eigenvalue weighted by Crippen LogP contribution is -2.20. The number of hydrogen-bond acceptors (Lipinski definition) is 7. The van der Waals surface area contributed by atoms with Crippen molar-refractivity contribution in [3.63, 3.8) is 0 Å². The normalized spacial score (nSPS) is 10.9. The summed E-state index contributed by atoms with van der Waals surface area (Å²) in [5.41, 5.74) is 3.12. The third-order valence-electron chi connectivity index (χ3n) is 3.89. The molecular formula is C21H20ClN5O3S. The Balaban J connectivity index is 1.54. The molecule has 1 aromatic heterocycles. The van der Waals surface area contributed by atoms with Crippen LogP contribution in [0.5, 0.6) is 11.5 Å². The summed E-state index contributed by atoms with van der Waals surface area (Å²) in [4.78, 5) is 12.1. The van der Waals surface area contributed by atoms with Crippen molar-refractivity contribution in [1.29, 1.82) is 0 Å². The van der Waals surface area contributed by atoms with Crippen LogP contribution in [-0.2, 0) is 17.9 Å². The second-order valence-corrected chi connectivity index (χ2v) is 7.60. The van der Waals surface area contributed by atoms with Crippen LogP contribution >= 0.6 is 23.4 Å². The molecule has 0 saturated carbocycles. The van der Waals surface area contributed by atoms with Crippen LogP contribution in [0, 0.1) is 0 Å². The van der Waals surface area contributed by atoms with E-state index >= 15 is 0 Å². The Labute approximate surface area is 188 Å². The predicted molar refractivity (Wildman–Crippen MR) is 121 cm³/mol. The van der Waals surface area contributed by atoms with Crippen LogP contribution in [0.15, 0.2) is 71.4 Å². The summed E-state index contributed by atoms with van der Waals surface area (Å²) in [6, 6.07) is 13.6. The van der Waals surface area contributed by atoms with E-state index in [1.807, 2.05) is 4.57 Å². The highest BCUT2D eigenvalue weighted by Crippen LogP contribution is 2.20. The first-order valence-corrected chi connectivity index (χ1v) is 10.6. The van der Waals surface area contributed by atoms with Gasteiger partial charge in [-0.3, -0.25) is 9.36 Å². The second-order valence-electron chi connectivity index (χ2n) is 6.22. The molecule has 0 radical (unpaired) electrons. The maximum atomic E-state index is 12.1. The Bertz CT molecular complexity index is 1070. The molecule has 2 N–H and O–H groups in total. The number of halogens is 1. The van der Waals surface area contributed by atoms with Gasteiger partial charge in [-0.05, 0) is 42.0 Å². The quantitative estimate of drug-likeness (QED) is 0.208. The predicted octanol–water partition coefficient (Wildman–Crippen LogP) is 3.64. The summed E-state index contributed by atoms with van der Waals surface area (Å²) in [5, 5.41) is 22.8. The third kappa shape index (κ3) is 6.87. The summed E-state index contributed by atoms with van der Waals surface area (Å²) in [6.07, 6.45) is 3.17. The first-order valence-electron chi connectivity index (χ1n) is 9.20. The molecule has 0 atom stereocenters. The lowest BCUT2D eigenvalue weighted by Gasteiger charge is -2.09. The van der Waals surface area contributed by atoms with Crippen molar-refractivity contribution in [3.8, 4) is 11.5 Å². The van der Waals surface area contributed by atoms with Crippen molar-refractivity contribution >= 4 is 35.5 Å².